The Morgan fingerprint density at radius 1 is 1.16 bits per heavy atom. The van der Waals surface area contributed by atoms with Gasteiger partial charge in [-0.15, -0.1) is 0 Å². The Kier molecular flexibility index (Phi) is 5.83. The van der Waals surface area contributed by atoms with E-state index in [1.54, 1.807) is 0 Å². The van der Waals surface area contributed by atoms with Crippen molar-refractivity contribution in [3.63, 3.8) is 0 Å². The van der Waals surface area contributed by atoms with Gasteiger partial charge in [-0.3, -0.25) is 9.59 Å². The Morgan fingerprint density at radius 2 is 1.74 bits per heavy atom. The van der Waals surface area contributed by atoms with Crippen molar-refractivity contribution in [3.05, 3.63) is 0 Å². The van der Waals surface area contributed by atoms with Gasteiger partial charge >= 0.3 is 5.97 Å². The first-order valence-electron chi connectivity index (χ1n) is 7.34. The van der Waals surface area contributed by atoms with E-state index in [2.05, 4.69) is 19.2 Å². The molecule has 4 heteroatoms. The zero-order chi connectivity index (χ0) is 14.6. The summed E-state index contributed by atoms with van der Waals surface area (Å²) in [5, 5.41) is 12.2. The Hall–Kier alpha value is -1.06. The van der Waals surface area contributed by atoms with Gasteiger partial charge in [-0.05, 0) is 44.4 Å². The summed E-state index contributed by atoms with van der Waals surface area (Å²) in [6.07, 6.45) is 3.34. The minimum Gasteiger partial charge on any atom is -0.481 e. The molecule has 0 bridgehead atoms. The molecule has 2 N–H and O–H groups in total. The van der Waals surface area contributed by atoms with Crippen molar-refractivity contribution in [1.82, 2.24) is 5.32 Å². The first-order valence-corrected chi connectivity index (χ1v) is 7.34. The molecule has 1 aliphatic carbocycles. The van der Waals surface area contributed by atoms with Crippen LogP contribution in [-0.4, -0.2) is 23.0 Å². The van der Waals surface area contributed by atoms with Crippen LogP contribution >= 0.6 is 0 Å². The van der Waals surface area contributed by atoms with Gasteiger partial charge in [-0.1, -0.05) is 20.8 Å². The lowest BCUT2D eigenvalue weighted by atomic mass is 9.94. The largest absolute Gasteiger partial charge is 0.481 e. The number of carbonyl (C=O) groups excluding carboxylic acids is 1. The predicted molar refractivity (Wildman–Crippen MR) is 74.7 cm³/mol. The number of hydrogen-bond acceptors (Lipinski definition) is 2. The topological polar surface area (TPSA) is 66.4 Å². The third kappa shape index (κ3) is 4.84. The summed E-state index contributed by atoms with van der Waals surface area (Å²) in [4.78, 5) is 23.4. The number of carboxylic acid groups (broad SMARTS) is 1. The van der Waals surface area contributed by atoms with Crippen LogP contribution in [-0.2, 0) is 9.59 Å². The average Bonchev–Trinajstić information content (AvgIpc) is 2.69. The van der Waals surface area contributed by atoms with E-state index in [0.717, 1.165) is 12.8 Å². The van der Waals surface area contributed by atoms with Crippen molar-refractivity contribution < 1.29 is 14.7 Å². The van der Waals surface area contributed by atoms with Crippen LogP contribution in [0, 0.1) is 23.7 Å². The molecule has 0 aromatic carbocycles. The van der Waals surface area contributed by atoms with E-state index in [1.165, 1.54) is 0 Å². The molecule has 0 radical (unpaired) electrons. The Bertz CT molecular complexity index is 327. The van der Waals surface area contributed by atoms with Crippen molar-refractivity contribution in [2.45, 2.75) is 59.4 Å². The molecule has 0 spiro atoms. The van der Waals surface area contributed by atoms with Gasteiger partial charge in [0.2, 0.25) is 5.91 Å². The molecule has 19 heavy (non-hydrogen) atoms. The fourth-order valence-electron chi connectivity index (χ4n) is 2.86. The Balaban J connectivity index is 2.50. The maximum Gasteiger partial charge on any atom is 0.307 e. The highest BCUT2D eigenvalue weighted by atomic mass is 16.4. The molecule has 1 aliphatic rings. The average molecular weight is 269 g/mol. The smallest absolute Gasteiger partial charge is 0.307 e. The van der Waals surface area contributed by atoms with E-state index < -0.39 is 11.9 Å². The number of nitrogens with one attached hydrogen (secondary N) is 1. The summed E-state index contributed by atoms with van der Waals surface area (Å²) in [6.45, 7) is 8.33. The molecule has 2 unspecified atom stereocenters. The number of rotatable bonds is 6. The number of carboxylic acids is 1. The van der Waals surface area contributed by atoms with Crippen LogP contribution < -0.4 is 5.32 Å². The lowest BCUT2D eigenvalue weighted by molar-refractivity contribution is -0.146. The minimum absolute atomic E-state index is 0.0759. The molecule has 4 atom stereocenters. The Morgan fingerprint density at radius 3 is 2.26 bits per heavy atom. The van der Waals surface area contributed by atoms with Crippen molar-refractivity contribution in [2.24, 2.45) is 23.7 Å². The van der Waals surface area contributed by atoms with Crippen molar-refractivity contribution in [3.8, 4) is 0 Å². The quantitative estimate of drug-likeness (QED) is 0.779. The molecule has 110 valence electrons. The number of hydrogen-bond donors (Lipinski definition) is 2. The second-order valence-corrected chi connectivity index (χ2v) is 6.51. The molecule has 0 aromatic rings. The van der Waals surface area contributed by atoms with Crippen molar-refractivity contribution in [2.75, 3.05) is 0 Å². The fraction of sp³-hybridized carbons (Fsp3) is 0.867. The van der Waals surface area contributed by atoms with Crippen LogP contribution in [0.5, 0.6) is 0 Å². The summed E-state index contributed by atoms with van der Waals surface area (Å²) >= 11 is 0. The van der Waals surface area contributed by atoms with Crippen molar-refractivity contribution >= 4 is 11.9 Å². The molecule has 1 saturated carbocycles. The standard InChI is InChI=1S/C15H27NO3/c1-9(2)5-6-11(4)16-14(17)12-7-10(3)8-13(12)15(18)19/h9-13H,5-8H2,1-4H3,(H,16,17)(H,18,19)/t10?,11?,12-,13+/m0/s1. The summed E-state index contributed by atoms with van der Waals surface area (Å²) in [5.41, 5.74) is 0. The van der Waals surface area contributed by atoms with Gasteiger partial charge in [0.15, 0.2) is 0 Å². The predicted octanol–water partition coefficient (Wildman–Crippen LogP) is 2.67. The van der Waals surface area contributed by atoms with Crippen LogP contribution in [0.15, 0.2) is 0 Å². The molecule has 0 saturated heterocycles. The fourth-order valence-corrected chi connectivity index (χ4v) is 2.86. The highest BCUT2D eigenvalue weighted by Gasteiger charge is 2.41. The van der Waals surface area contributed by atoms with Gasteiger partial charge in [0.1, 0.15) is 0 Å². The maximum atomic E-state index is 12.2. The summed E-state index contributed by atoms with van der Waals surface area (Å²) in [6, 6.07) is 0.125. The highest BCUT2D eigenvalue weighted by molar-refractivity contribution is 5.85. The van der Waals surface area contributed by atoms with Gasteiger partial charge in [0, 0.05) is 6.04 Å². The molecule has 1 rings (SSSR count). The van der Waals surface area contributed by atoms with E-state index in [-0.39, 0.29) is 17.9 Å². The monoisotopic (exact) mass is 269 g/mol. The third-order valence-corrected chi connectivity index (χ3v) is 4.02. The molecule has 0 aromatic heterocycles. The number of amides is 1. The molecule has 0 aliphatic heterocycles. The van der Waals surface area contributed by atoms with Crippen LogP contribution in [0.25, 0.3) is 0 Å². The lowest BCUT2D eigenvalue weighted by Gasteiger charge is -2.20. The second-order valence-electron chi connectivity index (χ2n) is 6.51. The first-order chi connectivity index (χ1) is 8.81. The number of carbonyl (C=O) groups is 2. The number of aliphatic carboxylic acids is 1. The van der Waals surface area contributed by atoms with Crippen LogP contribution in [0.4, 0.5) is 0 Å². The normalized spacial score (nSPS) is 28.4. The van der Waals surface area contributed by atoms with Crippen LogP contribution in [0.3, 0.4) is 0 Å². The zero-order valence-corrected chi connectivity index (χ0v) is 12.5. The molecular formula is C15H27NO3. The van der Waals surface area contributed by atoms with Gasteiger partial charge in [-0.2, -0.15) is 0 Å². The third-order valence-electron chi connectivity index (χ3n) is 4.02. The SMILES string of the molecule is CC(C)CCC(C)NC(=O)[C@H]1CC(C)C[C@H]1C(=O)O. The van der Waals surface area contributed by atoms with E-state index in [4.69, 9.17) is 0 Å². The van der Waals surface area contributed by atoms with Gasteiger partial charge in [0.05, 0.1) is 11.8 Å². The van der Waals surface area contributed by atoms with Crippen LogP contribution in [0.2, 0.25) is 0 Å². The van der Waals surface area contributed by atoms with Gasteiger partial charge in [0.25, 0.3) is 0 Å². The van der Waals surface area contributed by atoms with E-state index in [1.807, 2.05) is 13.8 Å². The molecule has 1 fully saturated rings. The van der Waals surface area contributed by atoms with Gasteiger partial charge in [-0.25, -0.2) is 0 Å². The lowest BCUT2D eigenvalue weighted by Crippen LogP contribution is -2.40. The van der Waals surface area contributed by atoms with E-state index in [9.17, 15) is 14.7 Å². The summed E-state index contributed by atoms with van der Waals surface area (Å²) in [5.74, 6) is -0.825. The van der Waals surface area contributed by atoms with E-state index >= 15 is 0 Å². The maximum absolute atomic E-state index is 12.2. The molecular weight excluding hydrogens is 242 g/mol. The first kappa shape index (κ1) is 16.0. The minimum atomic E-state index is -0.834. The van der Waals surface area contributed by atoms with Crippen molar-refractivity contribution in [1.29, 1.82) is 0 Å². The molecule has 0 heterocycles. The zero-order valence-electron chi connectivity index (χ0n) is 12.5. The highest BCUT2D eigenvalue weighted by Crippen LogP contribution is 2.36. The van der Waals surface area contributed by atoms with Crippen LogP contribution in [0.1, 0.15) is 53.4 Å². The second kappa shape index (κ2) is 6.92. The summed E-state index contributed by atoms with van der Waals surface area (Å²) in [7, 11) is 0. The Labute approximate surface area is 116 Å². The van der Waals surface area contributed by atoms with Gasteiger partial charge < -0.3 is 10.4 Å². The summed E-state index contributed by atoms with van der Waals surface area (Å²) < 4.78 is 0. The molecule has 4 nitrogen and oxygen atoms in total. The molecule has 1 amide bonds. The van der Waals surface area contributed by atoms with E-state index in [0.29, 0.717) is 24.7 Å².